The molecule has 1 aliphatic rings. The predicted molar refractivity (Wildman–Crippen MR) is 98.4 cm³/mol. The summed E-state index contributed by atoms with van der Waals surface area (Å²) >= 11 is 0. The molecular formula is C20H28N2O4. The Labute approximate surface area is 154 Å². The van der Waals surface area contributed by atoms with Crippen molar-refractivity contribution in [2.24, 2.45) is 0 Å². The Morgan fingerprint density at radius 1 is 1.31 bits per heavy atom. The van der Waals surface area contributed by atoms with E-state index in [0.29, 0.717) is 32.4 Å². The third-order valence-electron chi connectivity index (χ3n) is 4.62. The van der Waals surface area contributed by atoms with E-state index in [9.17, 15) is 14.4 Å². The summed E-state index contributed by atoms with van der Waals surface area (Å²) in [6, 6.07) is 9.21. The van der Waals surface area contributed by atoms with Crippen molar-refractivity contribution in [2.75, 3.05) is 13.1 Å². The quantitative estimate of drug-likeness (QED) is 0.720. The van der Waals surface area contributed by atoms with Crippen molar-refractivity contribution in [3.63, 3.8) is 0 Å². The number of ether oxygens (including phenoxy) is 1. The highest BCUT2D eigenvalue weighted by Crippen LogP contribution is 2.14. The molecule has 0 aromatic heterocycles. The average molecular weight is 360 g/mol. The van der Waals surface area contributed by atoms with Gasteiger partial charge in [-0.3, -0.25) is 14.4 Å². The van der Waals surface area contributed by atoms with Gasteiger partial charge in [-0.2, -0.15) is 0 Å². The summed E-state index contributed by atoms with van der Waals surface area (Å²) in [5, 5.41) is 2.73. The molecule has 6 nitrogen and oxygen atoms in total. The molecular weight excluding hydrogens is 332 g/mol. The number of amides is 2. The highest BCUT2D eigenvalue weighted by Gasteiger charge is 2.35. The van der Waals surface area contributed by atoms with Crippen LogP contribution in [0.25, 0.3) is 0 Å². The van der Waals surface area contributed by atoms with Gasteiger partial charge < -0.3 is 15.0 Å². The van der Waals surface area contributed by atoms with Crippen LogP contribution in [0.2, 0.25) is 0 Å². The number of aryl methyl sites for hydroxylation is 1. The number of nitrogens with one attached hydrogen (secondary N) is 1. The summed E-state index contributed by atoms with van der Waals surface area (Å²) < 4.78 is 5.26. The molecule has 1 heterocycles. The first kappa shape index (κ1) is 19.9. The van der Waals surface area contributed by atoms with Crippen LogP contribution < -0.4 is 5.32 Å². The molecule has 1 saturated heterocycles. The monoisotopic (exact) mass is 360 g/mol. The van der Waals surface area contributed by atoms with Crippen molar-refractivity contribution in [1.82, 2.24) is 10.2 Å². The maximum atomic E-state index is 12.6. The molecule has 2 amide bonds. The first-order valence-electron chi connectivity index (χ1n) is 9.31. The van der Waals surface area contributed by atoms with Crippen LogP contribution in [-0.4, -0.2) is 47.9 Å². The van der Waals surface area contributed by atoms with Gasteiger partial charge in [0, 0.05) is 19.5 Å². The lowest BCUT2D eigenvalue weighted by Crippen LogP contribution is -2.57. The maximum absolute atomic E-state index is 12.6. The van der Waals surface area contributed by atoms with E-state index in [1.54, 1.807) is 0 Å². The molecule has 1 aromatic rings. The van der Waals surface area contributed by atoms with Gasteiger partial charge in [-0.05, 0) is 31.7 Å². The van der Waals surface area contributed by atoms with E-state index in [4.69, 9.17) is 4.74 Å². The third-order valence-corrected chi connectivity index (χ3v) is 4.62. The number of hydrogen-bond donors (Lipinski definition) is 1. The lowest BCUT2D eigenvalue weighted by molar-refractivity contribution is -0.154. The summed E-state index contributed by atoms with van der Waals surface area (Å²) in [7, 11) is 0. The van der Waals surface area contributed by atoms with Crippen molar-refractivity contribution in [3.05, 3.63) is 35.9 Å². The summed E-state index contributed by atoms with van der Waals surface area (Å²) in [6.07, 6.45) is 2.31. The fourth-order valence-electron chi connectivity index (χ4n) is 2.96. The number of rotatable bonds is 8. The molecule has 0 aliphatic carbocycles. The van der Waals surface area contributed by atoms with Gasteiger partial charge in [-0.15, -0.1) is 0 Å². The molecule has 0 spiro atoms. The van der Waals surface area contributed by atoms with Gasteiger partial charge in [0.05, 0.1) is 12.5 Å². The molecule has 0 bridgehead atoms. The Kier molecular flexibility index (Phi) is 7.63. The van der Waals surface area contributed by atoms with Crippen LogP contribution in [0.5, 0.6) is 0 Å². The topological polar surface area (TPSA) is 75.7 Å². The number of hydrogen-bond acceptors (Lipinski definition) is 4. The van der Waals surface area contributed by atoms with Gasteiger partial charge in [-0.1, -0.05) is 37.3 Å². The molecule has 0 saturated carbocycles. The van der Waals surface area contributed by atoms with E-state index in [1.807, 2.05) is 44.2 Å². The highest BCUT2D eigenvalue weighted by molar-refractivity contribution is 5.91. The number of nitrogens with zero attached hydrogens (tertiary/aromatic N) is 1. The molecule has 26 heavy (non-hydrogen) atoms. The molecule has 6 heteroatoms. The Hall–Kier alpha value is -2.37. The Bertz CT molecular complexity index is 617. The van der Waals surface area contributed by atoms with E-state index in [-0.39, 0.29) is 24.3 Å². The number of carbonyl (C=O) groups is 3. The minimum absolute atomic E-state index is 0.0860. The van der Waals surface area contributed by atoms with Crippen LogP contribution in [0.1, 0.15) is 45.1 Å². The second kappa shape index (κ2) is 9.94. The number of benzene rings is 1. The van der Waals surface area contributed by atoms with Gasteiger partial charge in [0.1, 0.15) is 6.04 Å². The lowest BCUT2D eigenvalue weighted by atomic mass is 10.1. The average Bonchev–Trinajstić information content (AvgIpc) is 2.64. The summed E-state index contributed by atoms with van der Waals surface area (Å²) in [4.78, 5) is 38.4. The van der Waals surface area contributed by atoms with E-state index in [1.165, 1.54) is 10.5 Å². The molecule has 1 fully saturated rings. The zero-order chi connectivity index (χ0) is 18.9. The van der Waals surface area contributed by atoms with E-state index in [0.717, 1.165) is 6.42 Å². The van der Waals surface area contributed by atoms with E-state index >= 15 is 0 Å². The van der Waals surface area contributed by atoms with E-state index < -0.39 is 12.0 Å². The number of esters is 1. The summed E-state index contributed by atoms with van der Waals surface area (Å²) in [5.41, 5.74) is 1.19. The molecule has 1 aromatic carbocycles. The minimum atomic E-state index is -0.774. The first-order valence-corrected chi connectivity index (χ1v) is 9.31. The summed E-state index contributed by atoms with van der Waals surface area (Å²) in [6.45, 7) is 4.58. The standard InChI is InChI=1S/C20H28N2O4/c1-3-15(2)26-19(24)14-17-20(25)21-12-13-22(17)18(23)11-7-10-16-8-5-4-6-9-16/h4-6,8-9,15,17H,3,7,10-14H2,1-2H3,(H,21,25). The van der Waals surface area contributed by atoms with Gasteiger partial charge in [0.15, 0.2) is 0 Å². The van der Waals surface area contributed by atoms with Crippen LogP contribution in [0.4, 0.5) is 0 Å². The van der Waals surface area contributed by atoms with E-state index in [2.05, 4.69) is 5.32 Å². The third kappa shape index (κ3) is 5.86. The van der Waals surface area contributed by atoms with Crippen LogP contribution in [0.3, 0.4) is 0 Å². The molecule has 1 N–H and O–H groups in total. The fourth-order valence-corrected chi connectivity index (χ4v) is 2.96. The van der Waals surface area contributed by atoms with Crippen molar-refractivity contribution >= 4 is 17.8 Å². The highest BCUT2D eigenvalue weighted by atomic mass is 16.5. The van der Waals surface area contributed by atoms with Gasteiger partial charge in [-0.25, -0.2) is 0 Å². The van der Waals surface area contributed by atoms with Crippen molar-refractivity contribution < 1.29 is 19.1 Å². The van der Waals surface area contributed by atoms with Crippen LogP contribution >= 0.6 is 0 Å². The molecule has 142 valence electrons. The minimum Gasteiger partial charge on any atom is -0.463 e. The smallest absolute Gasteiger partial charge is 0.308 e. The van der Waals surface area contributed by atoms with Gasteiger partial charge in [0.2, 0.25) is 11.8 Å². The van der Waals surface area contributed by atoms with Crippen molar-refractivity contribution in [3.8, 4) is 0 Å². The van der Waals surface area contributed by atoms with Crippen molar-refractivity contribution in [2.45, 2.75) is 58.1 Å². The zero-order valence-electron chi connectivity index (χ0n) is 15.6. The van der Waals surface area contributed by atoms with Crippen LogP contribution in [0.15, 0.2) is 30.3 Å². The SMILES string of the molecule is CCC(C)OC(=O)CC1C(=O)NCCN1C(=O)CCCc1ccccc1. The van der Waals surface area contributed by atoms with Crippen LogP contribution in [0, 0.1) is 0 Å². The fraction of sp³-hybridized carbons (Fsp3) is 0.550. The van der Waals surface area contributed by atoms with Gasteiger partial charge in [0.25, 0.3) is 0 Å². The number of piperazine rings is 1. The molecule has 2 unspecified atom stereocenters. The molecule has 0 radical (unpaired) electrons. The van der Waals surface area contributed by atoms with Crippen molar-refractivity contribution in [1.29, 1.82) is 0 Å². The molecule has 2 atom stereocenters. The Morgan fingerprint density at radius 3 is 2.73 bits per heavy atom. The largest absolute Gasteiger partial charge is 0.463 e. The number of carbonyl (C=O) groups excluding carboxylic acids is 3. The summed E-state index contributed by atoms with van der Waals surface area (Å²) in [5.74, 6) is -0.811. The second-order valence-corrected chi connectivity index (χ2v) is 6.65. The Balaban J connectivity index is 1.89. The molecule has 1 aliphatic heterocycles. The lowest BCUT2D eigenvalue weighted by Gasteiger charge is -2.34. The maximum Gasteiger partial charge on any atom is 0.308 e. The van der Waals surface area contributed by atoms with Gasteiger partial charge >= 0.3 is 5.97 Å². The predicted octanol–water partition coefficient (Wildman–Crippen LogP) is 2.07. The first-order chi connectivity index (χ1) is 12.5. The second-order valence-electron chi connectivity index (χ2n) is 6.65. The zero-order valence-corrected chi connectivity index (χ0v) is 15.6. The van der Waals surface area contributed by atoms with Crippen LogP contribution in [-0.2, 0) is 25.5 Å². The normalized spacial score (nSPS) is 18.2. The Morgan fingerprint density at radius 2 is 2.04 bits per heavy atom. The molecule has 2 rings (SSSR count).